The van der Waals surface area contributed by atoms with Crippen LogP contribution in [0.15, 0.2) is 0 Å². The van der Waals surface area contributed by atoms with Crippen molar-refractivity contribution in [2.45, 2.75) is 63.8 Å². The fourth-order valence-electron chi connectivity index (χ4n) is 3.46. The Balaban J connectivity index is 1.66. The van der Waals surface area contributed by atoms with Gasteiger partial charge in [0.15, 0.2) is 0 Å². The predicted molar refractivity (Wildman–Crippen MR) is 76.6 cm³/mol. The Morgan fingerprint density at radius 1 is 1.11 bits per heavy atom. The van der Waals surface area contributed by atoms with E-state index in [1.165, 1.54) is 38.5 Å². The van der Waals surface area contributed by atoms with E-state index < -0.39 is 0 Å². The first kappa shape index (κ1) is 13.4. The van der Waals surface area contributed by atoms with Gasteiger partial charge in [-0.15, -0.1) is 0 Å². The standard InChI is InChI=1S/C16H28N2O/c1-16(17)9-3-2-4-14(16)15(19)18(10-12-5-6-12)11-13-7-8-13/h12-14H,2-11,17H2,1H3. The van der Waals surface area contributed by atoms with Crippen LogP contribution in [0.5, 0.6) is 0 Å². The molecule has 0 aromatic heterocycles. The molecule has 19 heavy (non-hydrogen) atoms. The lowest BCUT2D eigenvalue weighted by Gasteiger charge is -2.40. The summed E-state index contributed by atoms with van der Waals surface area (Å²) in [5, 5.41) is 0. The summed E-state index contributed by atoms with van der Waals surface area (Å²) in [4.78, 5) is 15.1. The molecule has 2 atom stereocenters. The summed E-state index contributed by atoms with van der Waals surface area (Å²) in [5.74, 6) is 2.01. The summed E-state index contributed by atoms with van der Waals surface area (Å²) in [5.41, 5.74) is 6.13. The highest BCUT2D eigenvalue weighted by atomic mass is 16.2. The summed E-state index contributed by atoms with van der Waals surface area (Å²) in [6.45, 7) is 4.09. The van der Waals surface area contributed by atoms with Crippen molar-refractivity contribution in [2.75, 3.05) is 13.1 Å². The predicted octanol–water partition coefficient (Wildman–Crippen LogP) is 2.54. The Hall–Kier alpha value is -0.570. The minimum absolute atomic E-state index is 0.0683. The van der Waals surface area contributed by atoms with Gasteiger partial charge in [-0.2, -0.15) is 0 Å². The molecule has 108 valence electrons. The molecule has 0 aromatic rings. The SMILES string of the molecule is CC1(N)CCCCC1C(=O)N(CC1CC1)CC1CC1. The Bertz CT molecular complexity index is 331. The molecule has 0 saturated heterocycles. The lowest BCUT2D eigenvalue weighted by molar-refractivity contribution is -0.139. The number of carbonyl (C=O) groups excluding carboxylic acids is 1. The fourth-order valence-corrected chi connectivity index (χ4v) is 3.46. The third-order valence-electron chi connectivity index (χ3n) is 5.22. The number of nitrogens with zero attached hydrogens (tertiary/aromatic N) is 1. The van der Waals surface area contributed by atoms with Crippen LogP contribution in [-0.2, 0) is 4.79 Å². The first-order valence-corrected chi connectivity index (χ1v) is 8.14. The number of nitrogens with two attached hydrogens (primary N) is 1. The molecule has 0 radical (unpaired) electrons. The zero-order valence-corrected chi connectivity index (χ0v) is 12.2. The third-order valence-corrected chi connectivity index (χ3v) is 5.22. The van der Waals surface area contributed by atoms with Crippen LogP contribution in [0.25, 0.3) is 0 Å². The Morgan fingerprint density at radius 2 is 1.68 bits per heavy atom. The highest BCUT2D eigenvalue weighted by Crippen LogP contribution is 2.37. The van der Waals surface area contributed by atoms with Gasteiger partial charge in [0.25, 0.3) is 0 Å². The van der Waals surface area contributed by atoms with Crippen LogP contribution in [0.1, 0.15) is 58.3 Å². The average molecular weight is 264 g/mol. The van der Waals surface area contributed by atoms with Crippen molar-refractivity contribution in [1.82, 2.24) is 4.90 Å². The van der Waals surface area contributed by atoms with E-state index in [1.54, 1.807) is 0 Å². The molecule has 0 spiro atoms. The molecule has 0 heterocycles. The molecular formula is C16H28N2O. The Kier molecular flexibility index (Phi) is 3.59. The fraction of sp³-hybridized carbons (Fsp3) is 0.938. The van der Waals surface area contributed by atoms with Gasteiger partial charge in [-0.05, 0) is 57.3 Å². The van der Waals surface area contributed by atoms with Gasteiger partial charge in [-0.3, -0.25) is 4.79 Å². The van der Waals surface area contributed by atoms with E-state index in [1.807, 2.05) is 0 Å². The van der Waals surface area contributed by atoms with Gasteiger partial charge >= 0.3 is 0 Å². The topological polar surface area (TPSA) is 46.3 Å². The van der Waals surface area contributed by atoms with E-state index in [0.29, 0.717) is 5.91 Å². The second-order valence-electron chi connectivity index (χ2n) is 7.43. The van der Waals surface area contributed by atoms with E-state index in [2.05, 4.69) is 11.8 Å². The Labute approximate surface area is 116 Å². The lowest BCUT2D eigenvalue weighted by atomic mass is 9.74. The molecule has 3 aliphatic carbocycles. The maximum Gasteiger partial charge on any atom is 0.227 e. The van der Waals surface area contributed by atoms with Crippen molar-refractivity contribution in [1.29, 1.82) is 0 Å². The van der Waals surface area contributed by atoms with Crippen molar-refractivity contribution < 1.29 is 4.79 Å². The highest BCUT2D eigenvalue weighted by molar-refractivity contribution is 5.80. The minimum Gasteiger partial charge on any atom is -0.342 e. The van der Waals surface area contributed by atoms with Gasteiger partial charge in [-0.1, -0.05) is 12.8 Å². The molecule has 3 fully saturated rings. The molecule has 3 rings (SSSR count). The second kappa shape index (κ2) is 5.08. The molecule has 3 heteroatoms. The number of carbonyl (C=O) groups is 1. The zero-order chi connectivity index (χ0) is 13.5. The lowest BCUT2D eigenvalue weighted by Crippen LogP contribution is -2.54. The third kappa shape index (κ3) is 3.31. The molecule has 1 amide bonds. The molecule has 3 saturated carbocycles. The van der Waals surface area contributed by atoms with Crippen molar-refractivity contribution >= 4 is 5.91 Å². The first-order valence-electron chi connectivity index (χ1n) is 8.14. The van der Waals surface area contributed by atoms with Crippen LogP contribution >= 0.6 is 0 Å². The van der Waals surface area contributed by atoms with Crippen LogP contribution in [0, 0.1) is 17.8 Å². The summed E-state index contributed by atoms with van der Waals surface area (Å²) in [7, 11) is 0. The second-order valence-corrected chi connectivity index (χ2v) is 7.43. The first-order chi connectivity index (χ1) is 9.06. The van der Waals surface area contributed by atoms with Crippen LogP contribution in [0.2, 0.25) is 0 Å². The molecule has 0 aliphatic heterocycles. The molecule has 3 aliphatic rings. The summed E-state index contributed by atoms with van der Waals surface area (Å²) < 4.78 is 0. The van der Waals surface area contributed by atoms with Crippen molar-refractivity contribution in [3.05, 3.63) is 0 Å². The largest absolute Gasteiger partial charge is 0.342 e. The van der Waals surface area contributed by atoms with Crippen LogP contribution in [-0.4, -0.2) is 29.4 Å². The number of hydrogen-bond acceptors (Lipinski definition) is 2. The molecule has 2 unspecified atom stereocenters. The molecule has 2 N–H and O–H groups in total. The minimum atomic E-state index is -0.277. The van der Waals surface area contributed by atoms with E-state index in [9.17, 15) is 4.79 Å². The van der Waals surface area contributed by atoms with E-state index in [-0.39, 0.29) is 11.5 Å². The quantitative estimate of drug-likeness (QED) is 0.829. The number of amides is 1. The van der Waals surface area contributed by atoms with E-state index >= 15 is 0 Å². The van der Waals surface area contributed by atoms with Crippen molar-refractivity contribution in [3.8, 4) is 0 Å². The van der Waals surface area contributed by atoms with Gasteiger partial charge in [-0.25, -0.2) is 0 Å². The average Bonchev–Trinajstić information content (AvgIpc) is 3.21. The zero-order valence-electron chi connectivity index (χ0n) is 12.2. The normalized spacial score (nSPS) is 35.2. The summed E-state index contributed by atoms with van der Waals surface area (Å²) in [6, 6.07) is 0. The van der Waals surface area contributed by atoms with Gasteiger partial charge in [0.2, 0.25) is 5.91 Å². The number of hydrogen-bond donors (Lipinski definition) is 1. The van der Waals surface area contributed by atoms with Gasteiger partial charge < -0.3 is 10.6 Å². The summed E-state index contributed by atoms with van der Waals surface area (Å²) >= 11 is 0. The van der Waals surface area contributed by atoms with Gasteiger partial charge in [0.05, 0.1) is 5.92 Å². The summed E-state index contributed by atoms with van der Waals surface area (Å²) in [6.07, 6.45) is 9.63. The van der Waals surface area contributed by atoms with Crippen molar-refractivity contribution in [3.63, 3.8) is 0 Å². The molecule has 0 bridgehead atoms. The van der Waals surface area contributed by atoms with Gasteiger partial charge in [0.1, 0.15) is 0 Å². The van der Waals surface area contributed by atoms with Crippen LogP contribution in [0.4, 0.5) is 0 Å². The van der Waals surface area contributed by atoms with E-state index in [4.69, 9.17) is 5.73 Å². The number of rotatable bonds is 5. The molecule has 3 nitrogen and oxygen atoms in total. The molecule has 0 aromatic carbocycles. The van der Waals surface area contributed by atoms with Crippen LogP contribution < -0.4 is 5.73 Å². The van der Waals surface area contributed by atoms with Gasteiger partial charge in [0, 0.05) is 18.6 Å². The van der Waals surface area contributed by atoms with E-state index in [0.717, 1.165) is 37.8 Å². The maximum absolute atomic E-state index is 12.9. The van der Waals surface area contributed by atoms with Crippen LogP contribution in [0.3, 0.4) is 0 Å². The van der Waals surface area contributed by atoms with Crippen molar-refractivity contribution in [2.24, 2.45) is 23.5 Å². The molecular weight excluding hydrogens is 236 g/mol. The Morgan fingerprint density at radius 3 is 2.16 bits per heavy atom. The monoisotopic (exact) mass is 264 g/mol. The smallest absolute Gasteiger partial charge is 0.227 e. The maximum atomic E-state index is 12.9. The highest BCUT2D eigenvalue weighted by Gasteiger charge is 2.41.